The Morgan fingerprint density at radius 1 is 1.12 bits per heavy atom. The summed E-state index contributed by atoms with van der Waals surface area (Å²) in [4.78, 5) is 0. The number of thioether (sulfide) groups is 1. The number of nitrogens with zero attached hydrogens (tertiary/aromatic N) is 4. The number of rotatable bonds is 6. The quantitative estimate of drug-likeness (QED) is 0.600. The van der Waals surface area contributed by atoms with Crippen LogP contribution in [0.15, 0.2) is 53.7 Å². The van der Waals surface area contributed by atoms with E-state index in [0.717, 1.165) is 16.8 Å². The summed E-state index contributed by atoms with van der Waals surface area (Å²) in [5.74, 6) is 0.675. The van der Waals surface area contributed by atoms with Gasteiger partial charge in [0.1, 0.15) is 5.75 Å². The molecular weight excluding hydrogens is 365 g/mol. The lowest BCUT2D eigenvalue weighted by Gasteiger charge is -2.10. The number of aromatic nitrogens is 4. The van der Waals surface area contributed by atoms with E-state index in [0.29, 0.717) is 10.9 Å². The molecule has 0 bridgehead atoms. The first-order valence-corrected chi connectivity index (χ1v) is 8.66. The lowest BCUT2D eigenvalue weighted by molar-refractivity contribution is -0.153. The Labute approximate surface area is 152 Å². The first-order valence-electron chi connectivity index (χ1n) is 7.67. The van der Waals surface area contributed by atoms with Crippen LogP contribution >= 0.6 is 11.8 Å². The molecular formula is C17H15F3N4OS. The maximum Gasteiger partial charge on any atom is 0.422 e. The van der Waals surface area contributed by atoms with Gasteiger partial charge >= 0.3 is 6.18 Å². The topological polar surface area (TPSA) is 52.8 Å². The summed E-state index contributed by atoms with van der Waals surface area (Å²) in [7, 11) is 0. The molecule has 0 unspecified atom stereocenters. The highest BCUT2D eigenvalue weighted by Crippen LogP contribution is 2.25. The van der Waals surface area contributed by atoms with Gasteiger partial charge < -0.3 is 4.74 Å². The van der Waals surface area contributed by atoms with Crippen molar-refractivity contribution in [3.8, 4) is 11.4 Å². The number of aryl methyl sites for hydroxylation is 1. The van der Waals surface area contributed by atoms with Gasteiger partial charge in [0.15, 0.2) is 6.61 Å². The van der Waals surface area contributed by atoms with Crippen LogP contribution < -0.4 is 4.74 Å². The van der Waals surface area contributed by atoms with E-state index in [2.05, 4.69) is 15.5 Å². The Kier molecular flexibility index (Phi) is 5.46. The van der Waals surface area contributed by atoms with E-state index in [-0.39, 0.29) is 5.75 Å². The highest BCUT2D eigenvalue weighted by molar-refractivity contribution is 7.98. The molecule has 1 aromatic heterocycles. The van der Waals surface area contributed by atoms with E-state index in [1.807, 2.05) is 37.3 Å². The molecule has 0 amide bonds. The van der Waals surface area contributed by atoms with Gasteiger partial charge in [-0.1, -0.05) is 41.6 Å². The molecule has 2 aromatic carbocycles. The Balaban J connectivity index is 1.67. The summed E-state index contributed by atoms with van der Waals surface area (Å²) >= 11 is 1.39. The number of hydrogen-bond donors (Lipinski definition) is 0. The monoisotopic (exact) mass is 380 g/mol. The normalized spacial score (nSPS) is 11.5. The third-order valence-corrected chi connectivity index (χ3v) is 4.38. The van der Waals surface area contributed by atoms with Crippen molar-refractivity contribution in [1.82, 2.24) is 20.2 Å². The second-order valence-corrected chi connectivity index (χ2v) is 6.49. The van der Waals surface area contributed by atoms with Crippen LogP contribution in [0, 0.1) is 6.92 Å². The zero-order valence-electron chi connectivity index (χ0n) is 13.8. The van der Waals surface area contributed by atoms with Gasteiger partial charge in [0.2, 0.25) is 5.16 Å². The molecule has 5 nitrogen and oxygen atoms in total. The lowest BCUT2D eigenvalue weighted by atomic mass is 10.2. The minimum Gasteiger partial charge on any atom is -0.484 e. The summed E-state index contributed by atoms with van der Waals surface area (Å²) < 4.78 is 43.1. The van der Waals surface area contributed by atoms with Crippen molar-refractivity contribution in [1.29, 1.82) is 0 Å². The maximum absolute atomic E-state index is 12.3. The largest absolute Gasteiger partial charge is 0.484 e. The van der Waals surface area contributed by atoms with Gasteiger partial charge in [-0.3, -0.25) is 0 Å². The Morgan fingerprint density at radius 3 is 2.62 bits per heavy atom. The third-order valence-electron chi connectivity index (χ3n) is 3.39. The van der Waals surface area contributed by atoms with Crippen molar-refractivity contribution < 1.29 is 17.9 Å². The molecule has 0 radical (unpaired) electrons. The number of alkyl halides is 3. The minimum absolute atomic E-state index is 0.179. The predicted octanol–water partition coefficient (Wildman–Crippen LogP) is 4.20. The van der Waals surface area contributed by atoms with Gasteiger partial charge in [-0.05, 0) is 47.2 Å². The molecule has 136 valence electrons. The number of halogens is 3. The van der Waals surface area contributed by atoms with Crippen LogP contribution in [0.1, 0.15) is 11.1 Å². The summed E-state index contributed by atoms with van der Waals surface area (Å²) in [6.45, 7) is 0.683. The molecule has 0 aliphatic rings. The fourth-order valence-electron chi connectivity index (χ4n) is 2.16. The van der Waals surface area contributed by atoms with Gasteiger partial charge in [-0.15, -0.1) is 5.10 Å². The molecule has 0 N–H and O–H groups in total. The second-order valence-electron chi connectivity index (χ2n) is 5.55. The first kappa shape index (κ1) is 18.2. The van der Waals surface area contributed by atoms with Gasteiger partial charge in [0.25, 0.3) is 0 Å². The average Bonchev–Trinajstić information content (AvgIpc) is 3.07. The minimum atomic E-state index is -4.36. The van der Waals surface area contributed by atoms with E-state index < -0.39 is 12.8 Å². The average molecular weight is 380 g/mol. The zero-order chi connectivity index (χ0) is 18.6. The standard InChI is InChI=1S/C17H15F3N4OS/c1-12-5-7-14(8-6-12)24-16(21-22-23-24)26-10-13-3-2-4-15(9-13)25-11-17(18,19)20/h2-9H,10-11H2,1H3. The van der Waals surface area contributed by atoms with Gasteiger partial charge in [0, 0.05) is 5.75 Å². The van der Waals surface area contributed by atoms with Crippen LogP contribution in [0.4, 0.5) is 13.2 Å². The smallest absolute Gasteiger partial charge is 0.422 e. The van der Waals surface area contributed by atoms with Crippen LogP contribution in [-0.2, 0) is 5.75 Å². The van der Waals surface area contributed by atoms with E-state index in [1.54, 1.807) is 16.8 Å². The molecule has 9 heteroatoms. The van der Waals surface area contributed by atoms with E-state index in [4.69, 9.17) is 4.74 Å². The van der Waals surface area contributed by atoms with Crippen LogP contribution in [0.3, 0.4) is 0 Å². The molecule has 0 fully saturated rings. The van der Waals surface area contributed by atoms with Gasteiger partial charge in [-0.2, -0.15) is 17.9 Å². The molecule has 3 rings (SSSR count). The fourth-order valence-corrected chi connectivity index (χ4v) is 2.99. The van der Waals surface area contributed by atoms with Gasteiger partial charge in [0.05, 0.1) is 5.69 Å². The van der Waals surface area contributed by atoms with Crippen LogP contribution in [0.5, 0.6) is 5.75 Å². The molecule has 0 aliphatic heterocycles. The van der Waals surface area contributed by atoms with E-state index >= 15 is 0 Å². The highest BCUT2D eigenvalue weighted by atomic mass is 32.2. The van der Waals surface area contributed by atoms with Gasteiger partial charge in [-0.25, -0.2) is 0 Å². The second kappa shape index (κ2) is 7.77. The molecule has 0 atom stereocenters. The van der Waals surface area contributed by atoms with Crippen molar-refractivity contribution in [2.75, 3.05) is 6.61 Å². The molecule has 0 saturated carbocycles. The summed E-state index contributed by atoms with van der Waals surface area (Å²) in [5, 5.41) is 12.3. The van der Waals surface area contributed by atoms with Crippen molar-refractivity contribution in [3.05, 3.63) is 59.7 Å². The van der Waals surface area contributed by atoms with Crippen molar-refractivity contribution >= 4 is 11.8 Å². The van der Waals surface area contributed by atoms with E-state index in [1.165, 1.54) is 17.8 Å². The van der Waals surface area contributed by atoms with Crippen molar-refractivity contribution in [2.24, 2.45) is 0 Å². The Bertz CT molecular complexity index is 865. The number of tetrazole rings is 1. The van der Waals surface area contributed by atoms with Crippen molar-refractivity contribution in [2.45, 2.75) is 24.0 Å². The zero-order valence-corrected chi connectivity index (χ0v) is 14.6. The molecule has 0 saturated heterocycles. The maximum atomic E-state index is 12.3. The molecule has 26 heavy (non-hydrogen) atoms. The summed E-state index contributed by atoms with van der Waals surface area (Å²) in [5.41, 5.74) is 2.78. The van der Waals surface area contributed by atoms with E-state index in [9.17, 15) is 13.2 Å². The fraction of sp³-hybridized carbons (Fsp3) is 0.235. The Morgan fingerprint density at radius 2 is 1.88 bits per heavy atom. The molecule has 0 spiro atoms. The van der Waals surface area contributed by atoms with Crippen LogP contribution in [-0.4, -0.2) is 33.0 Å². The predicted molar refractivity (Wildman–Crippen MR) is 91.4 cm³/mol. The highest BCUT2D eigenvalue weighted by Gasteiger charge is 2.28. The molecule has 1 heterocycles. The third kappa shape index (κ3) is 4.98. The summed E-state index contributed by atoms with van der Waals surface area (Å²) in [6.07, 6.45) is -4.36. The molecule has 3 aromatic rings. The number of ether oxygens (including phenoxy) is 1. The number of benzene rings is 2. The lowest BCUT2D eigenvalue weighted by Crippen LogP contribution is -2.19. The van der Waals surface area contributed by atoms with Crippen LogP contribution in [0.25, 0.3) is 5.69 Å². The first-order chi connectivity index (χ1) is 12.4. The Hall–Kier alpha value is -2.55. The molecule has 0 aliphatic carbocycles. The van der Waals surface area contributed by atoms with Crippen LogP contribution in [0.2, 0.25) is 0 Å². The summed E-state index contributed by atoms with van der Waals surface area (Å²) in [6, 6.07) is 14.3. The van der Waals surface area contributed by atoms with Crippen molar-refractivity contribution in [3.63, 3.8) is 0 Å². The number of hydrogen-bond acceptors (Lipinski definition) is 5. The SMILES string of the molecule is Cc1ccc(-n2nnnc2SCc2cccc(OCC(F)(F)F)c2)cc1.